The fraction of sp³-hybridized carbons (Fsp3) is 0.636. The van der Waals surface area contributed by atoms with Crippen molar-refractivity contribution in [1.82, 2.24) is 10.6 Å². The van der Waals surface area contributed by atoms with Gasteiger partial charge in [0.2, 0.25) is 0 Å². The Morgan fingerprint density at radius 1 is 1.31 bits per heavy atom. The lowest BCUT2D eigenvalue weighted by molar-refractivity contribution is -0.135. The molecule has 0 bridgehead atoms. The first kappa shape index (κ1) is 11.0. The van der Waals surface area contributed by atoms with Crippen LogP contribution in [0, 0.1) is 0 Å². The number of amides is 1. The largest absolute Gasteiger partial charge is 0.466 e. The molecule has 2 atom stereocenters. The van der Waals surface area contributed by atoms with Gasteiger partial charge in [-0.2, -0.15) is 0 Å². The first-order chi connectivity index (χ1) is 7.70. The number of nitrogens with one attached hydrogen (secondary N) is 2. The highest BCUT2D eigenvalue weighted by Gasteiger charge is 2.33. The third kappa shape index (κ3) is 2.18. The minimum atomic E-state index is -0.507. The molecule has 0 unspecified atom stereocenters. The predicted octanol–water partition coefficient (Wildman–Crippen LogP) is 0.0739. The highest BCUT2D eigenvalue weighted by Crippen LogP contribution is 2.22. The lowest BCUT2D eigenvalue weighted by atomic mass is 9.88. The Morgan fingerprint density at radius 3 is 2.56 bits per heavy atom. The summed E-state index contributed by atoms with van der Waals surface area (Å²) in [4.78, 5) is 22.7. The maximum Gasteiger partial charge on any atom is 0.332 e. The van der Waals surface area contributed by atoms with E-state index < -0.39 is 5.97 Å². The fourth-order valence-electron chi connectivity index (χ4n) is 2.27. The molecule has 1 saturated heterocycles. The summed E-state index contributed by atoms with van der Waals surface area (Å²) in [7, 11) is 1.30. The minimum absolute atomic E-state index is 0.205. The van der Waals surface area contributed by atoms with E-state index in [0.717, 1.165) is 25.7 Å². The van der Waals surface area contributed by atoms with Crippen molar-refractivity contribution in [3.63, 3.8) is 0 Å². The van der Waals surface area contributed by atoms with Crippen LogP contribution in [0.3, 0.4) is 0 Å². The van der Waals surface area contributed by atoms with Gasteiger partial charge in [0, 0.05) is 12.1 Å². The molecule has 0 aromatic rings. The van der Waals surface area contributed by atoms with E-state index in [1.165, 1.54) is 13.2 Å². The van der Waals surface area contributed by atoms with Gasteiger partial charge in [0.05, 0.1) is 13.2 Å². The third-order valence-corrected chi connectivity index (χ3v) is 3.13. The van der Waals surface area contributed by atoms with Gasteiger partial charge >= 0.3 is 5.97 Å². The molecule has 2 fully saturated rings. The Balaban J connectivity index is 2.08. The zero-order chi connectivity index (χ0) is 11.5. The van der Waals surface area contributed by atoms with Crippen LogP contribution >= 0.6 is 0 Å². The number of carbonyl (C=O) groups excluding carboxylic acids is 2. The molecule has 1 aliphatic carbocycles. The van der Waals surface area contributed by atoms with E-state index >= 15 is 0 Å². The third-order valence-electron chi connectivity index (χ3n) is 3.13. The van der Waals surface area contributed by atoms with Gasteiger partial charge in [-0.3, -0.25) is 4.79 Å². The van der Waals surface area contributed by atoms with Crippen LogP contribution < -0.4 is 10.6 Å². The van der Waals surface area contributed by atoms with Crippen LogP contribution in [0.15, 0.2) is 11.8 Å². The molecule has 0 aromatic carbocycles. The molecule has 1 aliphatic heterocycles. The molecule has 1 saturated carbocycles. The van der Waals surface area contributed by atoms with Gasteiger partial charge in [0.1, 0.15) is 5.70 Å². The van der Waals surface area contributed by atoms with Crippen LogP contribution in [0.5, 0.6) is 0 Å². The number of fused-ring (bicyclic) bond motifs is 1. The van der Waals surface area contributed by atoms with Crippen molar-refractivity contribution in [2.45, 2.75) is 37.8 Å². The van der Waals surface area contributed by atoms with E-state index in [4.69, 9.17) is 0 Å². The Bertz CT molecular complexity index is 338. The average Bonchev–Trinajstić information content (AvgIpc) is 2.30. The van der Waals surface area contributed by atoms with Crippen LogP contribution in [-0.2, 0) is 14.3 Å². The molecule has 2 N–H and O–H groups in total. The van der Waals surface area contributed by atoms with Crippen molar-refractivity contribution in [3.8, 4) is 0 Å². The van der Waals surface area contributed by atoms with Crippen molar-refractivity contribution in [1.29, 1.82) is 0 Å². The second-order valence-electron chi connectivity index (χ2n) is 4.20. The van der Waals surface area contributed by atoms with Crippen molar-refractivity contribution in [2.75, 3.05) is 7.11 Å². The van der Waals surface area contributed by atoms with Gasteiger partial charge in [-0.1, -0.05) is 12.8 Å². The molecule has 88 valence electrons. The molecular weight excluding hydrogens is 208 g/mol. The van der Waals surface area contributed by atoms with E-state index in [-0.39, 0.29) is 18.0 Å². The molecule has 5 nitrogen and oxygen atoms in total. The first-order valence-electron chi connectivity index (χ1n) is 5.58. The Kier molecular flexibility index (Phi) is 3.12. The second-order valence-corrected chi connectivity index (χ2v) is 4.20. The zero-order valence-corrected chi connectivity index (χ0v) is 9.29. The number of methoxy groups -OCH3 is 1. The maximum atomic E-state index is 11.7. The lowest BCUT2D eigenvalue weighted by Gasteiger charge is -2.38. The summed E-state index contributed by atoms with van der Waals surface area (Å²) in [5, 5.41) is 6.04. The standard InChI is InChI=1S/C11H16N2O3/c1-16-10(14)6-9-11(15)13-8-5-3-2-4-7(8)12-9/h6-8,12H,2-5H2,1H3,(H,13,15)/b9-6+/t7-,8-/m0/s1. The van der Waals surface area contributed by atoms with E-state index in [1.807, 2.05) is 0 Å². The van der Waals surface area contributed by atoms with Gasteiger partial charge in [-0.05, 0) is 12.8 Å². The molecule has 2 rings (SSSR count). The summed E-state index contributed by atoms with van der Waals surface area (Å²) in [5.74, 6) is -0.722. The summed E-state index contributed by atoms with van der Waals surface area (Å²) in [6, 6.07) is 0.457. The Hall–Kier alpha value is -1.52. The van der Waals surface area contributed by atoms with E-state index in [9.17, 15) is 9.59 Å². The topological polar surface area (TPSA) is 67.4 Å². The molecule has 0 spiro atoms. The summed E-state index contributed by atoms with van der Waals surface area (Å²) in [6.07, 6.45) is 5.56. The van der Waals surface area contributed by atoms with Crippen LogP contribution in [-0.4, -0.2) is 31.1 Å². The zero-order valence-electron chi connectivity index (χ0n) is 9.29. The number of esters is 1. The molecule has 16 heavy (non-hydrogen) atoms. The normalized spacial score (nSPS) is 31.3. The monoisotopic (exact) mass is 224 g/mol. The van der Waals surface area contributed by atoms with Crippen LogP contribution in [0.25, 0.3) is 0 Å². The smallest absolute Gasteiger partial charge is 0.332 e. The van der Waals surface area contributed by atoms with Gasteiger partial charge < -0.3 is 15.4 Å². The van der Waals surface area contributed by atoms with Gasteiger partial charge in [0.15, 0.2) is 0 Å². The molecule has 0 aromatic heterocycles. The predicted molar refractivity (Wildman–Crippen MR) is 57.4 cm³/mol. The lowest BCUT2D eigenvalue weighted by Crippen LogP contribution is -2.58. The summed E-state index contributed by atoms with van der Waals surface area (Å²) in [5.41, 5.74) is 0.315. The Labute approximate surface area is 94.2 Å². The summed E-state index contributed by atoms with van der Waals surface area (Å²) < 4.78 is 4.50. The number of hydrogen-bond donors (Lipinski definition) is 2. The van der Waals surface area contributed by atoms with Crippen LogP contribution in [0.2, 0.25) is 0 Å². The molecule has 0 radical (unpaired) electrons. The van der Waals surface area contributed by atoms with Crippen molar-refractivity contribution in [3.05, 3.63) is 11.8 Å². The first-order valence-corrected chi connectivity index (χ1v) is 5.58. The van der Waals surface area contributed by atoms with Crippen LogP contribution in [0.4, 0.5) is 0 Å². The number of carbonyl (C=O) groups is 2. The quantitative estimate of drug-likeness (QED) is 0.489. The molecule has 1 heterocycles. The van der Waals surface area contributed by atoms with Crippen LogP contribution in [0.1, 0.15) is 25.7 Å². The summed E-state index contributed by atoms with van der Waals surface area (Å²) >= 11 is 0. The highest BCUT2D eigenvalue weighted by atomic mass is 16.5. The van der Waals surface area contributed by atoms with Gasteiger partial charge in [-0.25, -0.2) is 4.79 Å². The number of ether oxygens (including phenoxy) is 1. The molecule has 5 heteroatoms. The van der Waals surface area contributed by atoms with E-state index in [0.29, 0.717) is 5.70 Å². The second kappa shape index (κ2) is 4.55. The van der Waals surface area contributed by atoms with Crippen molar-refractivity contribution < 1.29 is 14.3 Å². The van der Waals surface area contributed by atoms with Crippen molar-refractivity contribution in [2.24, 2.45) is 0 Å². The number of piperazine rings is 1. The highest BCUT2D eigenvalue weighted by molar-refractivity contribution is 5.99. The SMILES string of the molecule is COC(=O)/C=C1/N[C@H]2CCCC[C@@H]2NC1=O. The average molecular weight is 224 g/mol. The maximum absolute atomic E-state index is 11.7. The van der Waals surface area contributed by atoms with Gasteiger partial charge in [-0.15, -0.1) is 0 Å². The minimum Gasteiger partial charge on any atom is -0.466 e. The summed E-state index contributed by atoms with van der Waals surface area (Å²) in [6.45, 7) is 0. The van der Waals surface area contributed by atoms with Gasteiger partial charge in [0.25, 0.3) is 5.91 Å². The molecule has 1 amide bonds. The molecular formula is C11H16N2O3. The number of rotatable bonds is 1. The molecule has 2 aliphatic rings. The number of hydrogen-bond acceptors (Lipinski definition) is 4. The Morgan fingerprint density at radius 2 is 1.94 bits per heavy atom. The fourth-order valence-corrected chi connectivity index (χ4v) is 2.27. The van der Waals surface area contributed by atoms with E-state index in [2.05, 4.69) is 15.4 Å². The van der Waals surface area contributed by atoms with E-state index in [1.54, 1.807) is 0 Å². The van der Waals surface area contributed by atoms with Crippen molar-refractivity contribution >= 4 is 11.9 Å².